The van der Waals surface area contributed by atoms with Gasteiger partial charge in [0.2, 0.25) is 0 Å². The first-order valence-corrected chi connectivity index (χ1v) is 8.85. The standard InChI is InChI=1S/C14H25N3O3S/c1-10-8-14(12(3)20-10)11(2)16-21(18,19)17-7-5-4-6-13(17)9-15/h8,11,13,16H,4-7,9,15H2,1-3H3. The van der Waals surface area contributed by atoms with Crippen molar-refractivity contribution in [3.8, 4) is 0 Å². The quantitative estimate of drug-likeness (QED) is 0.864. The molecule has 0 spiro atoms. The first kappa shape index (κ1) is 16.5. The molecular formula is C14H25N3O3S. The molecule has 1 saturated heterocycles. The van der Waals surface area contributed by atoms with Crippen molar-refractivity contribution in [3.05, 3.63) is 23.2 Å². The molecule has 1 aromatic rings. The Morgan fingerprint density at radius 1 is 1.48 bits per heavy atom. The maximum atomic E-state index is 12.6. The van der Waals surface area contributed by atoms with E-state index in [4.69, 9.17) is 10.2 Å². The molecule has 0 aliphatic carbocycles. The van der Waals surface area contributed by atoms with E-state index < -0.39 is 10.2 Å². The molecule has 2 heterocycles. The van der Waals surface area contributed by atoms with Gasteiger partial charge in [-0.1, -0.05) is 6.42 Å². The van der Waals surface area contributed by atoms with Crippen LogP contribution in [0.1, 0.15) is 49.3 Å². The lowest BCUT2D eigenvalue weighted by Gasteiger charge is -2.34. The van der Waals surface area contributed by atoms with Crippen LogP contribution < -0.4 is 10.5 Å². The highest BCUT2D eigenvalue weighted by Gasteiger charge is 2.32. The number of hydrogen-bond donors (Lipinski definition) is 2. The van der Waals surface area contributed by atoms with Gasteiger partial charge in [-0.25, -0.2) is 0 Å². The molecule has 0 amide bonds. The summed E-state index contributed by atoms with van der Waals surface area (Å²) in [6.07, 6.45) is 2.74. The zero-order valence-corrected chi connectivity index (χ0v) is 13.7. The van der Waals surface area contributed by atoms with Crippen molar-refractivity contribution in [2.45, 2.75) is 52.1 Å². The summed E-state index contributed by atoms with van der Waals surface area (Å²) in [5.41, 5.74) is 6.58. The van der Waals surface area contributed by atoms with E-state index in [-0.39, 0.29) is 12.1 Å². The minimum absolute atomic E-state index is 0.101. The highest BCUT2D eigenvalue weighted by Crippen LogP contribution is 2.24. The normalized spacial score (nSPS) is 22.4. The van der Waals surface area contributed by atoms with Crippen LogP contribution in [0.2, 0.25) is 0 Å². The minimum Gasteiger partial charge on any atom is -0.466 e. The van der Waals surface area contributed by atoms with Gasteiger partial charge in [0.1, 0.15) is 11.5 Å². The molecule has 1 aromatic heterocycles. The van der Waals surface area contributed by atoms with Crippen molar-refractivity contribution >= 4 is 10.2 Å². The Kier molecular flexibility index (Phi) is 5.08. The Bertz CT molecular complexity index is 582. The smallest absolute Gasteiger partial charge is 0.280 e. The number of hydrogen-bond acceptors (Lipinski definition) is 4. The van der Waals surface area contributed by atoms with Crippen LogP contribution in [0, 0.1) is 13.8 Å². The molecule has 6 nitrogen and oxygen atoms in total. The molecule has 0 radical (unpaired) electrons. The van der Waals surface area contributed by atoms with Crippen molar-refractivity contribution < 1.29 is 12.8 Å². The Morgan fingerprint density at radius 2 is 2.19 bits per heavy atom. The Hall–Kier alpha value is -0.890. The minimum atomic E-state index is -3.54. The molecule has 2 unspecified atom stereocenters. The lowest BCUT2D eigenvalue weighted by atomic mass is 10.1. The number of piperidine rings is 1. The SMILES string of the molecule is Cc1cc(C(C)NS(=O)(=O)N2CCCCC2CN)c(C)o1. The maximum Gasteiger partial charge on any atom is 0.280 e. The number of nitrogens with one attached hydrogen (secondary N) is 1. The maximum absolute atomic E-state index is 12.6. The van der Waals surface area contributed by atoms with Crippen molar-refractivity contribution in [2.24, 2.45) is 5.73 Å². The summed E-state index contributed by atoms with van der Waals surface area (Å²) in [7, 11) is -3.54. The predicted octanol–water partition coefficient (Wildman–Crippen LogP) is 1.61. The Balaban J connectivity index is 2.14. The van der Waals surface area contributed by atoms with Crippen molar-refractivity contribution in [3.63, 3.8) is 0 Å². The van der Waals surface area contributed by atoms with E-state index >= 15 is 0 Å². The second-order valence-corrected chi connectivity index (χ2v) is 7.36. The molecule has 3 N–H and O–H groups in total. The topological polar surface area (TPSA) is 88.6 Å². The molecule has 120 valence electrons. The summed E-state index contributed by atoms with van der Waals surface area (Å²) in [5, 5.41) is 0. The number of aryl methyl sites for hydroxylation is 2. The molecule has 1 aliphatic rings. The van der Waals surface area contributed by atoms with Gasteiger partial charge < -0.3 is 10.2 Å². The largest absolute Gasteiger partial charge is 0.466 e. The summed E-state index contributed by atoms with van der Waals surface area (Å²) in [6.45, 7) is 6.42. The lowest BCUT2D eigenvalue weighted by Crippen LogP contribution is -2.52. The van der Waals surface area contributed by atoms with Crippen LogP contribution in [-0.4, -0.2) is 31.9 Å². The van der Waals surface area contributed by atoms with E-state index in [0.29, 0.717) is 13.1 Å². The predicted molar refractivity (Wildman–Crippen MR) is 82.1 cm³/mol. The highest BCUT2D eigenvalue weighted by atomic mass is 32.2. The van der Waals surface area contributed by atoms with E-state index in [1.807, 2.05) is 26.8 Å². The first-order valence-electron chi connectivity index (χ1n) is 7.41. The zero-order valence-electron chi connectivity index (χ0n) is 12.9. The van der Waals surface area contributed by atoms with Gasteiger partial charge in [0.25, 0.3) is 10.2 Å². The van der Waals surface area contributed by atoms with Gasteiger partial charge in [-0.2, -0.15) is 17.4 Å². The van der Waals surface area contributed by atoms with Crippen LogP contribution >= 0.6 is 0 Å². The number of rotatable bonds is 5. The third-order valence-corrected chi connectivity index (χ3v) is 5.78. The van der Waals surface area contributed by atoms with Crippen LogP contribution in [0.25, 0.3) is 0 Å². The van der Waals surface area contributed by atoms with E-state index in [0.717, 1.165) is 36.3 Å². The van der Waals surface area contributed by atoms with E-state index in [9.17, 15) is 8.42 Å². The second-order valence-electron chi connectivity index (χ2n) is 5.71. The molecule has 21 heavy (non-hydrogen) atoms. The van der Waals surface area contributed by atoms with Crippen LogP contribution in [0.3, 0.4) is 0 Å². The molecule has 1 aliphatic heterocycles. The van der Waals surface area contributed by atoms with Crippen LogP contribution in [0.15, 0.2) is 10.5 Å². The van der Waals surface area contributed by atoms with Gasteiger partial charge in [-0.05, 0) is 39.7 Å². The summed E-state index contributed by atoms with van der Waals surface area (Å²) >= 11 is 0. The Labute approximate surface area is 126 Å². The van der Waals surface area contributed by atoms with Gasteiger partial charge in [-0.3, -0.25) is 0 Å². The van der Waals surface area contributed by atoms with Gasteiger partial charge in [0, 0.05) is 30.7 Å². The van der Waals surface area contributed by atoms with Crippen LogP contribution in [0.4, 0.5) is 0 Å². The van der Waals surface area contributed by atoms with E-state index in [1.165, 1.54) is 4.31 Å². The summed E-state index contributed by atoms with van der Waals surface area (Å²) in [5.74, 6) is 1.53. The third-order valence-electron chi connectivity index (χ3n) is 4.03. The second kappa shape index (κ2) is 6.48. The van der Waals surface area contributed by atoms with Gasteiger partial charge in [0.15, 0.2) is 0 Å². The van der Waals surface area contributed by atoms with Crippen molar-refractivity contribution in [2.75, 3.05) is 13.1 Å². The van der Waals surface area contributed by atoms with E-state index in [1.54, 1.807) is 0 Å². The van der Waals surface area contributed by atoms with Crippen LogP contribution in [0.5, 0.6) is 0 Å². The fourth-order valence-corrected chi connectivity index (χ4v) is 4.62. The van der Waals surface area contributed by atoms with Crippen molar-refractivity contribution in [1.29, 1.82) is 0 Å². The molecule has 7 heteroatoms. The first-order chi connectivity index (χ1) is 9.85. The molecule has 1 fully saturated rings. The monoisotopic (exact) mass is 315 g/mol. The third kappa shape index (κ3) is 3.66. The molecule has 2 atom stereocenters. The fraction of sp³-hybridized carbons (Fsp3) is 0.714. The highest BCUT2D eigenvalue weighted by molar-refractivity contribution is 7.87. The molecule has 0 bridgehead atoms. The van der Waals surface area contributed by atoms with Gasteiger partial charge in [0.05, 0.1) is 0 Å². The lowest BCUT2D eigenvalue weighted by molar-refractivity contribution is 0.253. The van der Waals surface area contributed by atoms with Gasteiger partial charge >= 0.3 is 0 Å². The fourth-order valence-electron chi connectivity index (χ4n) is 2.96. The number of furan rings is 1. The summed E-state index contributed by atoms with van der Waals surface area (Å²) in [6, 6.07) is 1.45. The summed E-state index contributed by atoms with van der Waals surface area (Å²) in [4.78, 5) is 0. The molecule has 0 aromatic carbocycles. The average molecular weight is 315 g/mol. The van der Waals surface area contributed by atoms with Crippen LogP contribution in [-0.2, 0) is 10.2 Å². The van der Waals surface area contributed by atoms with Gasteiger partial charge in [-0.15, -0.1) is 0 Å². The molecule has 0 saturated carbocycles. The molecule has 2 rings (SSSR count). The average Bonchev–Trinajstić information content (AvgIpc) is 2.77. The zero-order chi connectivity index (χ0) is 15.6. The summed E-state index contributed by atoms with van der Waals surface area (Å²) < 4.78 is 34.9. The molecular weight excluding hydrogens is 290 g/mol. The number of nitrogens with zero attached hydrogens (tertiary/aromatic N) is 1. The number of nitrogens with two attached hydrogens (primary N) is 1. The van der Waals surface area contributed by atoms with E-state index in [2.05, 4.69) is 4.72 Å². The Morgan fingerprint density at radius 3 is 2.76 bits per heavy atom. The van der Waals surface area contributed by atoms with Crippen molar-refractivity contribution in [1.82, 2.24) is 9.03 Å².